The zero-order chi connectivity index (χ0) is 8.97. The number of hydrogen-bond donors (Lipinski definition) is 3. The van der Waals surface area contributed by atoms with Crippen molar-refractivity contribution in [3.8, 4) is 0 Å². The first kappa shape index (κ1) is 8.73. The van der Waals surface area contributed by atoms with Crippen molar-refractivity contribution in [3.05, 3.63) is 12.4 Å². The zero-order valence-electron chi connectivity index (χ0n) is 6.87. The van der Waals surface area contributed by atoms with Gasteiger partial charge in [-0.25, -0.2) is 4.98 Å². The van der Waals surface area contributed by atoms with Crippen LogP contribution in [0, 0.1) is 0 Å². The number of anilines is 1. The minimum absolute atomic E-state index is 0.215. The molecular formula is C7H12N4O. The number of nitrogens with two attached hydrogens (primary N) is 1. The normalized spacial score (nSPS) is 12.5. The summed E-state index contributed by atoms with van der Waals surface area (Å²) in [5, 5.41) is 2.54. The molecule has 0 saturated carbocycles. The van der Waals surface area contributed by atoms with E-state index in [0.717, 1.165) is 0 Å². The first-order valence-electron chi connectivity index (χ1n) is 3.80. The summed E-state index contributed by atoms with van der Waals surface area (Å²) in [7, 11) is 0. The number of rotatable bonds is 3. The van der Waals surface area contributed by atoms with Gasteiger partial charge in [0.15, 0.2) is 0 Å². The van der Waals surface area contributed by atoms with Gasteiger partial charge in [0.1, 0.15) is 0 Å². The molecule has 0 aliphatic heterocycles. The van der Waals surface area contributed by atoms with E-state index in [1.807, 2.05) is 6.92 Å². The maximum absolute atomic E-state index is 11.1. The second-order valence-corrected chi connectivity index (χ2v) is 2.44. The maximum Gasteiger partial charge on any atom is 0.243 e. The van der Waals surface area contributed by atoms with Gasteiger partial charge in [0, 0.05) is 12.4 Å². The molecule has 1 rings (SSSR count). The van der Waals surface area contributed by atoms with Gasteiger partial charge >= 0.3 is 0 Å². The molecule has 66 valence electrons. The van der Waals surface area contributed by atoms with Gasteiger partial charge in [-0.15, -0.1) is 0 Å². The number of aromatic amines is 1. The molecule has 1 aromatic rings. The molecule has 1 atom stereocenters. The number of imidazole rings is 1. The highest BCUT2D eigenvalue weighted by atomic mass is 16.2. The number of amides is 1. The zero-order valence-corrected chi connectivity index (χ0v) is 6.87. The Bertz CT molecular complexity index is 244. The molecule has 5 heteroatoms. The van der Waals surface area contributed by atoms with Crippen molar-refractivity contribution in [2.45, 2.75) is 19.4 Å². The molecule has 1 heterocycles. The van der Waals surface area contributed by atoms with Crippen LogP contribution < -0.4 is 11.1 Å². The lowest BCUT2D eigenvalue weighted by Gasteiger charge is -2.06. The quantitative estimate of drug-likeness (QED) is 0.597. The Labute approximate surface area is 70.4 Å². The van der Waals surface area contributed by atoms with Crippen molar-refractivity contribution in [2.75, 3.05) is 5.32 Å². The van der Waals surface area contributed by atoms with Gasteiger partial charge in [0.25, 0.3) is 0 Å². The van der Waals surface area contributed by atoms with Crippen LogP contribution in [0.4, 0.5) is 5.95 Å². The lowest BCUT2D eigenvalue weighted by molar-refractivity contribution is -0.117. The van der Waals surface area contributed by atoms with Crippen LogP contribution in [0.15, 0.2) is 12.4 Å². The third-order valence-corrected chi connectivity index (χ3v) is 1.52. The van der Waals surface area contributed by atoms with E-state index >= 15 is 0 Å². The number of nitrogens with zero attached hydrogens (tertiary/aromatic N) is 1. The Balaban J connectivity index is 2.47. The molecule has 0 radical (unpaired) electrons. The predicted molar refractivity (Wildman–Crippen MR) is 45.5 cm³/mol. The number of carbonyl (C=O) groups is 1. The Kier molecular flexibility index (Phi) is 2.82. The molecule has 0 unspecified atom stereocenters. The molecule has 0 bridgehead atoms. The minimum atomic E-state index is -0.463. The molecular weight excluding hydrogens is 156 g/mol. The fourth-order valence-electron chi connectivity index (χ4n) is 0.728. The fraction of sp³-hybridized carbons (Fsp3) is 0.429. The van der Waals surface area contributed by atoms with Crippen LogP contribution in [0.2, 0.25) is 0 Å². The largest absolute Gasteiger partial charge is 0.331 e. The summed E-state index contributed by atoms with van der Waals surface area (Å²) in [6.45, 7) is 1.85. The predicted octanol–water partition coefficient (Wildman–Crippen LogP) is 0.0855. The van der Waals surface area contributed by atoms with Crippen molar-refractivity contribution in [1.29, 1.82) is 0 Å². The van der Waals surface area contributed by atoms with E-state index in [1.165, 1.54) is 0 Å². The standard InChI is InChI=1S/C7H12N4O/c1-2-5(8)6(12)11-7-9-3-4-10-7/h3-5H,2,8H2,1H3,(H2,9,10,11,12)/t5-/m1/s1. The van der Waals surface area contributed by atoms with Crippen molar-refractivity contribution < 1.29 is 4.79 Å². The molecule has 5 nitrogen and oxygen atoms in total. The Morgan fingerprint density at radius 3 is 3.17 bits per heavy atom. The number of carbonyl (C=O) groups excluding carboxylic acids is 1. The van der Waals surface area contributed by atoms with E-state index in [9.17, 15) is 4.79 Å². The summed E-state index contributed by atoms with van der Waals surface area (Å²) < 4.78 is 0. The van der Waals surface area contributed by atoms with E-state index in [2.05, 4.69) is 15.3 Å². The summed E-state index contributed by atoms with van der Waals surface area (Å²) in [6, 6.07) is -0.463. The van der Waals surface area contributed by atoms with Gasteiger partial charge in [-0.05, 0) is 6.42 Å². The Morgan fingerprint density at radius 2 is 2.67 bits per heavy atom. The number of nitrogens with one attached hydrogen (secondary N) is 2. The van der Waals surface area contributed by atoms with Crippen LogP contribution in [0.1, 0.15) is 13.3 Å². The van der Waals surface area contributed by atoms with E-state index in [-0.39, 0.29) is 5.91 Å². The lowest BCUT2D eigenvalue weighted by atomic mass is 10.2. The van der Waals surface area contributed by atoms with E-state index in [0.29, 0.717) is 12.4 Å². The summed E-state index contributed by atoms with van der Waals surface area (Å²) >= 11 is 0. The molecule has 1 aromatic heterocycles. The van der Waals surface area contributed by atoms with Gasteiger partial charge in [-0.3, -0.25) is 10.1 Å². The summed E-state index contributed by atoms with van der Waals surface area (Å²) in [4.78, 5) is 17.7. The van der Waals surface area contributed by atoms with Crippen molar-refractivity contribution in [2.24, 2.45) is 5.73 Å². The van der Waals surface area contributed by atoms with Crippen molar-refractivity contribution >= 4 is 11.9 Å². The van der Waals surface area contributed by atoms with Gasteiger partial charge < -0.3 is 10.7 Å². The number of H-pyrrole nitrogens is 1. The van der Waals surface area contributed by atoms with E-state index < -0.39 is 6.04 Å². The molecule has 4 N–H and O–H groups in total. The van der Waals surface area contributed by atoms with E-state index in [4.69, 9.17) is 5.73 Å². The monoisotopic (exact) mass is 168 g/mol. The summed E-state index contributed by atoms with van der Waals surface area (Å²) in [5.74, 6) is 0.219. The van der Waals surface area contributed by atoms with E-state index in [1.54, 1.807) is 12.4 Å². The van der Waals surface area contributed by atoms with Gasteiger partial charge in [0.05, 0.1) is 6.04 Å². The van der Waals surface area contributed by atoms with Crippen LogP contribution in [0.25, 0.3) is 0 Å². The average molecular weight is 168 g/mol. The Hall–Kier alpha value is -1.36. The van der Waals surface area contributed by atoms with Crippen LogP contribution >= 0.6 is 0 Å². The first-order chi connectivity index (χ1) is 5.74. The molecule has 0 aliphatic carbocycles. The second-order valence-electron chi connectivity index (χ2n) is 2.44. The molecule has 0 aromatic carbocycles. The highest BCUT2D eigenvalue weighted by Crippen LogP contribution is 1.96. The Morgan fingerprint density at radius 1 is 1.92 bits per heavy atom. The highest BCUT2D eigenvalue weighted by Gasteiger charge is 2.11. The summed E-state index contributed by atoms with van der Waals surface area (Å²) in [5.41, 5.74) is 5.48. The summed E-state index contributed by atoms with van der Waals surface area (Å²) in [6.07, 6.45) is 3.81. The minimum Gasteiger partial charge on any atom is -0.331 e. The van der Waals surface area contributed by atoms with Crippen LogP contribution in [-0.2, 0) is 4.79 Å². The third-order valence-electron chi connectivity index (χ3n) is 1.52. The van der Waals surface area contributed by atoms with Crippen molar-refractivity contribution in [3.63, 3.8) is 0 Å². The smallest absolute Gasteiger partial charge is 0.243 e. The number of hydrogen-bond acceptors (Lipinski definition) is 3. The first-order valence-corrected chi connectivity index (χ1v) is 3.80. The fourth-order valence-corrected chi connectivity index (χ4v) is 0.728. The van der Waals surface area contributed by atoms with Crippen molar-refractivity contribution in [1.82, 2.24) is 9.97 Å². The van der Waals surface area contributed by atoms with Crippen LogP contribution in [0.5, 0.6) is 0 Å². The second kappa shape index (κ2) is 3.87. The van der Waals surface area contributed by atoms with Crippen LogP contribution in [0.3, 0.4) is 0 Å². The molecule has 0 saturated heterocycles. The maximum atomic E-state index is 11.1. The average Bonchev–Trinajstić information content (AvgIpc) is 2.55. The van der Waals surface area contributed by atoms with Gasteiger partial charge in [-0.2, -0.15) is 0 Å². The number of aromatic nitrogens is 2. The third kappa shape index (κ3) is 2.06. The molecule has 0 fully saturated rings. The molecule has 0 aliphatic rings. The lowest BCUT2D eigenvalue weighted by Crippen LogP contribution is -2.35. The topological polar surface area (TPSA) is 83.8 Å². The molecule has 0 spiro atoms. The van der Waals surface area contributed by atoms with Crippen LogP contribution in [-0.4, -0.2) is 21.9 Å². The molecule has 1 amide bonds. The molecule has 12 heavy (non-hydrogen) atoms. The highest BCUT2D eigenvalue weighted by molar-refractivity contribution is 5.93. The van der Waals surface area contributed by atoms with Gasteiger partial charge in [-0.1, -0.05) is 6.92 Å². The van der Waals surface area contributed by atoms with Gasteiger partial charge in [0.2, 0.25) is 11.9 Å². The SMILES string of the molecule is CC[C@@H](N)C(=O)Nc1ncc[nH]1.